The normalized spacial score (nSPS) is 23.6. The third-order valence-corrected chi connectivity index (χ3v) is 5.49. The Balaban J connectivity index is 1.41. The van der Waals surface area contributed by atoms with Gasteiger partial charge in [-0.1, -0.05) is 42.5 Å². The molecule has 1 aliphatic carbocycles. The number of ether oxygens (including phenoxy) is 1. The number of rotatable bonds is 6. The number of nitrogens with one attached hydrogen (secondary N) is 1. The molecule has 0 radical (unpaired) electrons. The summed E-state index contributed by atoms with van der Waals surface area (Å²) < 4.78 is 18.5. The summed E-state index contributed by atoms with van der Waals surface area (Å²) in [7, 11) is 0. The van der Waals surface area contributed by atoms with E-state index in [1.54, 1.807) is 12.1 Å². The lowest BCUT2D eigenvalue weighted by Crippen LogP contribution is -2.43. The molecule has 5 heteroatoms. The number of benzene rings is 2. The summed E-state index contributed by atoms with van der Waals surface area (Å²) in [5.74, 6) is 0.0262. The smallest absolute Gasteiger partial charge is 0.224 e. The molecule has 27 heavy (non-hydrogen) atoms. The highest BCUT2D eigenvalue weighted by molar-refractivity contribution is 5.83. The molecule has 0 spiro atoms. The van der Waals surface area contributed by atoms with Gasteiger partial charge in [-0.3, -0.25) is 9.69 Å². The van der Waals surface area contributed by atoms with Gasteiger partial charge in [0.2, 0.25) is 5.91 Å². The lowest BCUT2D eigenvalue weighted by Gasteiger charge is -2.31. The number of carbonyl (C=O) groups is 1. The number of halogens is 1. The van der Waals surface area contributed by atoms with Crippen LogP contribution in [0.5, 0.6) is 0 Å². The minimum Gasteiger partial charge on any atom is -0.379 e. The molecular weight excluding hydrogens is 343 g/mol. The van der Waals surface area contributed by atoms with E-state index in [1.165, 1.54) is 12.1 Å². The molecule has 1 saturated heterocycles. The van der Waals surface area contributed by atoms with Crippen molar-refractivity contribution in [2.75, 3.05) is 32.8 Å². The van der Waals surface area contributed by atoms with Crippen LogP contribution in [0, 0.1) is 11.7 Å². The third-order valence-electron chi connectivity index (χ3n) is 5.49. The summed E-state index contributed by atoms with van der Waals surface area (Å²) in [6.07, 6.45) is 0.830. The maximum atomic E-state index is 13.1. The van der Waals surface area contributed by atoms with Crippen LogP contribution < -0.4 is 5.32 Å². The van der Waals surface area contributed by atoms with Crippen molar-refractivity contribution < 1.29 is 13.9 Å². The van der Waals surface area contributed by atoms with E-state index in [2.05, 4.69) is 22.3 Å². The molecule has 142 valence electrons. The summed E-state index contributed by atoms with van der Waals surface area (Å²) in [5.41, 5.74) is 2.16. The lowest BCUT2D eigenvalue weighted by atomic mass is 10.0. The Morgan fingerprint density at radius 1 is 1.11 bits per heavy atom. The number of hydrogen-bond acceptors (Lipinski definition) is 3. The van der Waals surface area contributed by atoms with Gasteiger partial charge in [0.05, 0.1) is 19.3 Å². The van der Waals surface area contributed by atoms with Gasteiger partial charge >= 0.3 is 0 Å². The Labute approximate surface area is 159 Å². The van der Waals surface area contributed by atoms with Gasteiger partial charge in [-0.15, -0.1) is 0 Å². The van der Waals surface area contributed by atoms with Crippen molar-refractivity contribution in [3.05, 3.63) is 71.5 Å². The van der Waals surface area contributed by atoms with E-state index in [0.29, 0.717) is 0 Å². The highest BCUT2D eigenvalue weighted by Gasteiger charge is 2.44. The molecule has 2 fully saturated rings. The summed E-state index contributed by atoms with van der Waals surface area (Å²) in [6, 6.07) is 16.6. The Bertz CT molecular complexity index is 760. The zero-order valence-electron chi connectivity index (χ0n) is 15.3. The average Bonchev–Trinajstić information content (AvgIpc) is 3.50. The second-order valence-electron chi connectivity index (χ2n) is 7.39. The van der Waals surface area contributed by atoms with Crippen LogP contribution in [0.4, 0.5) is 4.39 Å². The van der Waals surface area contributed by atoms with Crippen LogP contribution in [0.25, 0.3) is 0 Å². The quantitative estimate of drug-likeness (QED) is 0.852. The van der Waals surface area contributed by atoms with E-state index in [-0.39, 0.29) is 29.6 Å². The zero-order chi connectivity index (χ0) is 18.6. The molecule has 1 saturated carbocycles. The molecule has 4 rings (SSSR count). The summed E-state index contributed by atoms with van der Waals surface area (Å²) in [6.45, 7) is 4.05. The standard InChI is InChI=1S/C22H25FN2O2/c23-18-8-6-16(7-9-18)19-14-20(19)22(26)24-21(17-4-2-1-3-5-17)15-25-10-12-27-13-11-25/h1-9,19-21H,10-15H2,(H,24,26). The average molecular weight is 368 g/mol. The molecule has 2 aromatic carbocycles. The Kier molecular flexibility index (Phi) is 5.50. The van der Waals surface area contributed by atoms with Crippen molar-refractivity contribution >= 4 is 5.91 Å². The molecule has 1 aliphatic heterocycles. The van der Waals surface area contributed by atoms with E-state index in [1.807, 2.05) is 18.2 Å². The SMILES string of the molecule is O=C(NC(CN1CCOCC1)c1ccccc1)C1CC1c1ccc(F)cc1. The van der Waals surface area contributed by atoms with Gasteiger partial charge in [0, 0.05) is 25.6 Å². The van der Waals surface area contributed by atoms with Crippen molar-refractivity contribution in [2.24, 2.45) is 5.92 Å². The number of morpholine rings is 1. The Hall–Kier alpha value is -2.24. The molecule has 3 atom stereocenters. The molecule has 1 amide bonds. The molecule has 4 nitrogen and oxygen atoms in total. The first kappa shape index (κ1) is 18.1. The van der Waals surface area contributed by atoms with Gasteiger partial charge in [0.15, 0.2) is 0 Å². The van der Waals surface area contributed by atoms with Crippen LogP contribution in [0.15, 0.2) is 54.6 Å². The van der Waals surface area contributed by atoms with Gasteiger partial charge in [-0.05, 0) is 35.6 Å². The van der Waals surface area contributed by atoms with Crippen LogP contribution >= 0.6 is 0 Å². The number of hydrogen-bond donors (Lipinski definition) is 1. The van der Waals surface area contributed by atoms with Gasteiger partial charge in [0.25, 0.3) is 0 Å². The van der Waals surface area contributed by atoms with Crippen LogP contribution in [-0.2, 0) is 9.53 Å². The monoisotopic (exact) mass is 368 g/mol. The molecule has 0 aromatic heterocycles. The third kappa shape index (κ3) is 4.54. The van der Waals surface area contributed by atoms with E-state index < -0.39 is 0 Å². The number of carbonyl (C=O) groups excluding carboxylic acids is 1. The molecule has 2 aliphatic rings. The number of amides is 1. The van der Waals surface area contributed by atoms with E-state index >= 15 is 0 Å². The lowest BCUT2D eigenvalue weighted by molar-refractivity contribution is -0.123. The maximum absolute atomic E-state index is 13.1. The molecule has 2 aromatic rings. The summed E-state index contributed by atoms with van der Waals surface area (Å²) >= 11 is 0. The van der Waals surface area contributed by atoms with E-state index in [9.17, 15) is 9.18 Å². The van der Waals surface area contributed by atoms with Crippen LogP contribution in [0.2, 0.25) is 0 Å². The first-order valence-corrected chi connectivity index (χ1v) is 9.61. The molecular formula is C22H25FN2O2. The van der Waals surface area contributed by atoms with Crippen LogP contribution in [0.3, 0.4) is 0 Å². The second-order valence-corrected chi connectivity index (χ2v) is 7.39. The summed E-state index contributed by atoms with van der Waals surface area (Å²) in [4.78, 5) is 15.2. The highest BCUT2D eigenvalue weighted by atomic mass is 19.1. The van der Waals surface area contributed by atoms with Crippen molar-refractivity contribution in [1.29, 1.82) is 0 Å². The van der Waals surface area contributed by atoms with Crippen molar-refractivity contribution in [3.8, 4) is 0 Å². The first-order chi connectivity index (χ1) is 13.2. The predicted octanol–water partition coefficient (Wildman–Crippen LogP) is 3.12. The van der Waals surface area contributed by atoms with Crippen molar-refractivity contribution in [2.45, 2.75) is 18.4 Å². The van der Waals surface area contributed by atoms with Gasteiger partial charge in [-0.25, -0.2) is 4.39 Å². The highest BCUT2D eigenvalue weighted by Crippen LogP contribution is 2.47. The minimum absolute atomic E-state index is 0.0219. The van der Waals surface area contributed by atoms with E-state index in [4.69, 9.17) is 4.74 Å². The van der Waals surface area contributed by atoms with Gasteiger partial charge in [0.1, 0.15) is 5.82 Å². The van der Waals surface area contributed by atoms with Crippen LogP contribution in [0.1, 0.15) is 29.5 Å². The molecule has 3 unspecified atom stereocenters. The maximum Gasteiger partial charge on any atom is 0.224 e. The fourth-order valence-corrected chi connectivity index (χ4v) is 3.80. The predicted molar refractivity (Wildman–Crippen MR) is 102 cm³/mol. The van der Waals surface area contributed by atoms with Gasteiger partial charge < -0.3 is 10.1 Å². The topological polar surface area (TPSA) is 41.6 Å². The fourth-order valence-electron chi connectivity index (χ4n) is 3.80. The van der Waals surface area contributed by atoms with Gasteiger partial charge in [-0.2, -0.15) is 0 Å². The minimum atomic E-state index is -0.241. The first-order valence-electron chi connectivity index (χ1n) is 9.61. The van der Waals surface area contributed by atoms with E-state index in [0.717, 1.165) is 50.4 Å². The Morgan fingerprint density at radius 3 is 2.52 bits per heavy atom. The van der Waals surface area contributed by atoms with Crippen molar-refractivity contribution in [1.82, 2.24) is 10.2 Å². The second kappa shape index (κ2) is 8.19. The summed E-state index contributed by atoms with van der Waals surface area (Å²) in [5, 5.41) is 3.26. The number of nitrogens with zero attached hydrogens (tertiary/aromatic N) is 1. The fraction of sp³-hybridized carbons (Fsp3) is 0.409. The zero-order valence-corrected chi connectivity index (χ0v) is 15.3. The molecule has 0 bridgehead atoms. The van der Waals surface area contributed by atoms with Crippen LogP contribution in [-0.4, -0.2) is 43.7 Å². The van der Waals surface area contributed by atoms with Crippen molar-refractivity contribution in [3.63, 3.8) is 0 Å². The molecule has 1 heterocycles. The largest absolute Gasteiger partial charge is 0.379 e. The molecule has 1 N–H and O–H groups in total. The Morgan fingerprint density at radius 2 is 1.81 bits per heavy atom.